The summed E-state index contributed by atoms with van der Waals surface area (Å²) in [7, 11) is 0. The molecule has 0 fully saturated rings. The molecule has 1 nitrogen and oxygen atoms in total. The second-order valence-electron chi connectivity index (χ2n) is 9.44. The molecule has 0 amide bonds. The average molecular weight is 381 g/mol. The first-order chi connectivity index (χ1) is 13.3. The highest BCUT2D eigenvalue weighted by Gasteiger charge is 2.29. The standard InChI is InChI=1S/C27H40O/c1-21(2)9-6-10-22(3)11-7-12-23(4)13-8-17-27(5)18-16-24-19-26(28)15-14-25(24)20-27/h9,11,13-15,19,28H,6-8,10,12,16-18,20H2,1-5H3/b22-11+,23-13+. The van der Waals surface area contributed by atoms with Crippen molar-refractivity contribution in [3.05, 3.63) is 64.3 Å². The van der Waals surface area contributed by atoms with Crippen LogP contribution < -0.4 is 0 Å². The van der Waals surface area contributed by atoms with E-state index in [0.717, 1.165) is 19.3 Å². The van der Waals surface area contributed by atoms with Crippen LogP contribution in [0.2, 0.25) is 0 Å². The molecule has 1 aromatic carbocycles. The minimum atomic E-state index is 0.391. The second kappa shape index (κ2) is 10.7. The van der Waals surface area contributed by atoms with Crippen LogP contribution in [0, 0.1) is 5.41 Å². The zero-order chi connectivity index (χ0) is 20.6. The summed E-state index contributed by atoms with van der Waals surface area (Å²) in [5.74, 6) is 0.405. The van der Waals surface area contributed by atoms with E-state index >= 15 is 0 Å². The number of allylic oxidation sites excluding steroid dienone is 6. The van der Waals surface area contributed by atoms with Gasteiger partial charge in [-0.2, -0.15) is 0 Å². The van der Waals surface area contributed by atoms with Gasteiger partial charge in [-0.05, 0) is 114 Å². The van der Waals surface area contributed by atoms with Gasteiger partial charge in [0.25, 0.3) is 0 Å². The minimum Gasteiger partial charge on any atom is -0.508 e. The molecule has 0 radical (unpaired) electrons. The Bertz CT molecular complexity index is 731. The van der Waals surface area contributed by atoms with E-state index in [4.69, 9.17) is 0 Å². The van der Waals surface area contributed by atoms with E-state index in [1.807, 2.05) is 12.1 Å². The molecule has 0 heterocycles. The lowest BCUT2D eigenvalue weighted by Gasteiger charge is -2.35. The summed E-state index contributed by atoms with van der Waals surface area (Å²) in [6.07, 6.45) is 17.8. The number of aromatic hydroxyl groups is 1. The largest absolute Gasteiger partial charge is 0.508 e. The van der Waals surface area contributed by atoms with Gasteiger partial charge >= 0.3 is 0 Å². The number of fused-ring (bicyclic) bond motifs is 1. The highest BCUT2D eigenvalue weighted by atomic mass is 16.3. The lowest BCUT2D eigenvalue weighted by Crippen LogP contribution is -2.25. The van der Waals surface area contributed by atoms with Crippen LogP contribution in [0.3, 0.4) is 0 Å². The summed E-state index contributed by atoms with van der Waals surface area (Å²) < 4.78 is 0. The smallest absolute Gasteiger partial charge is 0.115 e. The Morgan fingerprint density at radius 2 is 1.57 bits per heavy atom. The monoisotopic (exact) mass is 380 g/mol. The van der Waals surface area contributed by atoms with Crippen LogP contribution in [0.15, 0.2) is 53.1 Å². The van der Waals surface area contributed by atoms with E-state index in [9.17, 15) is 5.11 Å². The molecule has 1 aliphatic carbocycles. The number of benzene rings is 1. The number of hydrogen-bond acceptors (Lipinski definition) is 1. The van der Waals surface area contributed by atoms with E-state index in [2.05, 4.69) is 58.9 Å². The van der Waals surface area contributed by atoms with E-state index in [-0.39, 0.29) is 0 Å². The maximum atomic E-state index is 9.68. The van der Waals surface area contributed by atoms with Gasteiger partial charge in [-0.3, -0.25) is 0 Å². The van der Waals surface area contributed by atoms with E-state index < -0.39 is 0 Å². The molecule has 1 aromatic rings. The van der Waals surface area contributed by atoms with Gasteiger partial charge in [0.15, 0.2) is 0 Å². The fraction of sp³-hybridized carbons (Fsp3) is 0.556. The van der Waals surface area contributed by atoms with Gasteiger partial charge in [0.1, 0.15) is 5.75 Å². The van der Waals surface area contributed by atoms with E-state index in [1.54, 1.807) is 0 Å². The van der Waals surface area contributed by atoms with Crippen LogP contribution in [0.1, 0.15) is 90.7 Å². The number of aryl methyl sites for hydroxylation is 1. The van der Waals surface area contributed by atoms with Crippen molar-refractivity contribution in [2.75, 3.05) is 0 Å². The number of phenols is 1. The van der Waals surface area contributed by atoms with Crippen molar-refractivity contribution in [2.45, 2.75) is 92.4 Å². The normalized spacial score (nSPS) is 20.0. The van der Waals surface area contributed by atoms with Crippen molar-refractivity contribution in [3.8, 4) is 5.75 Å². The number of phenolic OH excluding ortho intramolecular Hbond substituents is 1. The van der Waals surface area contributed by atoms with Crippen LogP contribution in [0.25, 0.3) is 0 Å². The summed E-state index contributed by atoms with van der Waals surface area (Å²) in [5, 5.41) is 9.68. The highest BCUT2D eigenvalue weighted by molar-refractivity contribution is 5.37. The van der Waals surface area contributed by atoms with Gasteiger partial charge in [0.2, 0.25) is 0 Å². The maximum absolute atomic E-state index is 9.68. The molecule has 0 spiro atoms. The van der Waals surface area contributed by atoms with Gasteiger partial charge in [0, 0.05) is 0 Å². The number of hydrogen-bond donors (Lipinski definition) is 1. The van der Waals surface area contributed by atoms with Crippen molar-refractivity contribution >= 4 is 0 Å². The topological polar surface area (TPSA) is 20.2 Å². The first kappa shape index (κ1) is 22.5. The van der Waals surface area contributed by atoms with Crippen molar-refractivity contribution in [3.63, 3.8) is 0 Å². The molecule has 2 rings (SSSR count). The van der Waals surface area contributed by atoms with Gasteiger partial charge in [0.05, 0.1) is 0 Å². The predicted molar refractivity (Wildman–Crippen MR) is 123 cm³/mol. The van der Waals surface area contributed by atoms with Crippen molar-refractivity contribution < 1.29 is 5.11 Å². The van der Waals surface area contributed by atoms with Gasteiger partial charge < -0.3 is 5.11 Å². The summed E-state index contributed by atoms with van der Waals surface area (Å²) in [4.78, 5) is 0. The lowest BCUT2D eigenvalue weighted by atomic mass is 9.70. The van der Waals surface area contributed by atoms with Crippen molar-refractivity contribution in [1.82, 2.24) is 0 Å². The molecule has 1 atom stereocenters. The third kappa shape index (κ3) is 7.70. The van der Waals surface area contributed by atoms with E-state index in [1.165, 1.54) is 66.4 Å². The third-order valence-electron chi connectivity index (χ3n) is 6.17. The van der Waals surface area contributed by atoms with Crippen LogP contribution in [-0.2, 0) is 12.8 Å². The van der Waals surface area contributed by atoms with Gasteiger partial charge in [-0.1, -0.05) is 47.9 Å². The predicted octanol–water partition coefficient (Wildman–Crippen LogP) is 8.09. The summed E-state index contributed by atoms with van der Waals surface area (Å²) in [5.41, 5.74) is 7.63. The van der Waals surface area contributed by atoms with Gasteiger partial charge in [-0.25, -0.2) is 0 Å². The average Bonchev–Trinajstić information content (AvgIpc) is 2.61. The highest BCUT2D eigenvalue weighted by Crippen LogP contribution is 2.39. The SMILES string of the molecule is CC(C)=CCC/C(C)=C/CC/C(C)=C/CCC1(C)CCc2cc(O)ccc2C1. The van der Waals surface area contributed by atoms with Crippen LogP contribution >= 0.6 is 0 Å². The summed E-state index contributed by atoms with van der Waals surface area (Å²) in [6, 6.07) is 5.91. The minimum absolute atomic E-state index is 0.391. The van der Waals surface area contributed by atoms with E-state index in [0.29, 0.717) is 11.2 Å². The Hall–Kier alpha value is -1.76. The molecule has 0 bridgehead atoms. The Labute approximate surface area is 173 Å². The number of rotatable bonds is 9. The molecule has 1 N–H and O–H groups in total. The lowest BCUT2D eigenvalue weighted by molar-refractivity contribution is 0.257. The molecular formula is C27H40O. The third-order valence-corrected chi connectivity index (χ3v) is 6.17. The van der Waals surface area contributed by atoms with Crippen LogP contribution in [-0.4, -0.2) is 5.11 Å². The van der Waals surface area contributed by atoms with Crippen molar-refractivity contribution in [2.24, 2.45) is 5.41 Å². The quantitative estimate of drug-likeness (QED) is 0.429. The van der Waals surface area contributed by atoms with Crippen LogP contribution in [0.4, 0.5) is 0 Å². The van der Waals surface area contributed by atoms with Gasteiger partial charge in [-0.15, -0.1) is 0 Å². The maximum Gasteiger partial charge on any atom is 0.115 e. The first-order valence-corrected chi connectivity index (χ1v) is 11.0. The molecule has 0 aliphatic heterocycles. The Morgan fingerprint density at radius 3 is 2.25 bits per heavy atom. The Morgan fingerprint density at radius 1 is 0.929 bits per heavy atom. The summed E-state index contributed by atoms with van der Waals surface area (Å²) >= 11 is 0. The molecule has 0 saturated carbocycles. The molecule has 28 heavy (non-hydrogen) atoms. The van der Waals surface area contributed by atoms with Crippen molar-refractivity contribution in [1.29, 1.82) is 0 Å². The summed E-state index contributed by atoms with van der Waals surface area (Å²) in [6.45, 7) is 11.3. The first-order valence-electron chi connectivity index (χ1n) is 11.0. The second-order valence-corrected chi connectivity index (χ2v) is 9.44. The zero-order valence-electron chi connectivity index (χ0n) is 18.8. The van der Waals surface area contributed by atoms with Crippen LogP contribution in [0.5, 0.6) is 5.75 Å². The Balaban J connectivity index is 1.74. The zero-order valence-corrected chi connectivity index (χ0v) is 18.8. The molecule has 0 aromatic heterocycles. The molecule has 1 aliphatic rings. The molecular weight excluding hydrogens is 340 g/mol. The Kier molecular flexibility index (Phi) is 8.60. The fourth-order valence-electron chi connectivity index (χ4n) is 4.22. The molecule has 0 saturated heterocycles. The fourth-order valence-corrected chi connectivity index (χ4v) is 4.22. The molecule has 154 valence electrons. The molecule has 1 heteroatoms. The molecule has 1 unspecified atom stereocenters.